The van der Waals surface area contributed by atoms with E-state index in [0.717, 1.165) is 19.3 Å². The molecule has 1 aliphatic rings. The fourth-order valence-electron chi connectivity index (χ4n) is 2.03. The highest BCUT2D eigenvalue weighted by Gasteiger charge is 2.35. The quantitative estimate of drug-likeness (QED) is 0.777. The second-order valence-electron chi connectivity index (χ2n) is 5.02. The van der Waals surface area contributed by atoms with Crippen molar-refractivity contribution in [1.29, 1.82) is 0 Å². The van der Waals surface area contributed by atoms with Gasteiger partial charge < -0.3 is 15.2 Å². The summed E-state index contributed by atoms with van der Waals surface area (Å²) in [7, 11) is 1.47. The van der Waals surface area contributed by atoms with E-state index in [4.69, 9.17) is 9.84 Å². The number of methoxy groups -OCH3 is 1. The van der Waals surface area contributed by atoms with Gasteiger partial charge in [0.05, 0.1) is 5.92 Å². The molecule has 2 N–H and O–H groups in total. The summed E-state index contributed by atoms with van der Waals surface area (Å²) in [5.41, 5.74) is -0.916. The molecule has 0 aromatic heterocycles. The van der Waals surface area contributed by atoms with Gasteiger partial charge in [-0.2, -0.15) is 0 Å². The summed E-state index contributed by atoms with van der Waals surface area (Å²) < 4.78 is 5.08. The first-order valence-corrected chi connectivity index (χ1v) is 5.97. The topological polar surface area (TPSA) is 75.6 Å². The van der Waals surface area contributed by atoms with Crippen molar-refractivity contribution in [2.45, 2.75) is 51.2 Å². The Kier molecular flexibility index (Phi) is 4.51. The molecule has 1 fully saturated rings. The van der Waals surface area contributed by atoms with Crippen LogP contribution >= 0.6 is 0 Å². The fraction of sp³-hybridized carbons (Fsp3) is 0.833. The number of carboxylic acid groups (broad SMARTS) is 1. The number of hydrogen-bond acceptors (Lipinski definition) is 3. The van der Waals surface area contributed by atoms with Gasteiger partial charge in [0.2, 0.25) is 0 Å². The van der Waals surface area contributed by atoms with Crippen molar-refractivity contribution in [3.05, 3.63) is 0 Å². The van der Waals surface area contributed by atoms with Crippen LogP contribution in [0, 0.1) is 5.92 Å². The zero-order valence-electron chi connectivity index (χ0n) is 10.7. The van der Waals surface area contributed by atoms with Crippen LogP contribution in [0.15, 0.2) is 0 Å². The van der Waals surface area contributed by atoms with Gasteiger partial charge in [0, 0.05) is 13.2 Å². The Balaban J connectivity index is 2.65. The number of aliphatic carboxylic acids is 1. The minimum atomic E-state index is -0.916. The molecule has 1 amide bonds. The molecule has 5 nitrogen and oxygen atoms in total. The van der Waals surface area contributed by atoms with Crippen LogP contribution in [0.5, 0.6) is 0 Å². The van der Waals surface area contributed by atoms with E-state index < -0.39 is 17.5 Å². The smallest absolute Gasteiger partial charge is 0.308 e. The van der Waals surface area contributed by atoms with Crippen molar-refractivity contribution in [2.75, 3.05) is 7.11 Å². The Hall–Kier alpha value is -1.10. The summed E-state index contributed by atoms with van der Waals surface area (Å²) in [5, 5.41) is 11.9. The standard InChI is InChI=1S/C12H21NO4/c1-12(2,17-3)11(16)13-9-7-5-4-6-8(9)10(14)15/h8-9H,4-7H2,1-3H3,(H,13,16)(H,14,15). The molecule has 1 saturated carbocycles. The molecule has 2 atom stereocenters. The van der Waals surface area contributed by atoms with Gasteiger partial charge in [-0.15, -0.1) is 0 Å². The molecule has 0 aromatic carbocycles. The van der Waals surface area contributed by atoms with E-state index in [1.54, 1.807) is 13.8 Å². The molecule has 17 heavy (non-hydrogen) atoms. The van der Waals surface area contributed by atoms with Crippen LogP contribution in [-0.2, 0) is 14.3 Å². The van der Waals surface area contributed by atoms with Gasteiger partial charge in [0.15, 0.2) is 0 Å². The van der Waals surface area contributed by atoms with E-state index in [1.165, 1.54) is 7.11 Å². The Bertz CT molecular complexity index is 301. The van der Waals surface area contributed by atoms with E-state index >= 15 is 0 Å². The van der Waals surface area contributed by atoms with Crippen LogP contribution < -0.4 is 5.32 Å². The SMILES string of the molecule is COC(C)(C)C(=O)NC1CCCCC1C(=O)O. The Morgan fingerprint density at radius 3 is 2.41 bits per heavy atom. The van der Waals surface area contributed by atoms with Gasteiger partial charge in [0.1, 0.15) is 5.60 Å². The predicted molar refractivity (Wildman–Crippen MR) is 62.6 cm³/mol. The molecule has 1 aliphatic carbocycles. The lowest BCUT2D eigenvalue weighted by molar-refractivity contribution is -0.146. The van der Waals surface area contributed by atoms with Gasteiger partial charge in [-0.05, 0) is 26.7 Å². The summed E-state index contributed by atoms with van der Waals surface area (Å²) in [5.74, 6) is -1.55. The van der Waals surface area contributed by atoms with Crippen LogP contribution in [0.3, 0.4) is 0 Å². The predicted octanol–water partition coefficient (Wildman–Crippen LogP) is 1.17. The van der Waals surface area contributed by atoms with Crippen molar-refractivity contribution >= 4 is 11.9 Å². The normalized spacial score (nSPS) is 25.4. The molecule has 1 rings (SSSR count). The number of nitrogens with one attached hydrogen (secondary N) is 1. The lowest BCUT2D eigenvalue weighted by Crippen LogP contribution is -2.52. The molecular weight excluding hydrogens is 222 g/mol. The van der Waals surface area contributed by atoms with Crippen LogP contribution in [0.25, 0.3) is 0 Å². The van der Waals surface area contributed by atoms with Crippen LogP contribution in [0.1, 0.15) is 39.5 Å². The van der Waals surface area contributed by atoms with Crippen LogP contribution in [0.4, 0.5) is 0 Å². The number of hydrogen-bond donors (Lipinski definition) is 2. The molecule has 0 radical (unpaired) electrons. The van der Waals surface area contributed by atoms with Gasteiger partial charge in [-0.25, -0.2) is 0 Å². The largest absolute Gasteiger partial charge is 0.481 e. The summed E-state index contributed by atoms with van der Waals surface area (Å²) in [6.07, 6.45) is 3.23. The van der Waals surface area contributed by atoms with Crippen molar-refractivity contribution in [2.24, 2.45) is 5.92 Å². The lowest BCUT2D eigenvalue weighted by Gasteiger charge is -2.32. The van der Waals surface area contributed by atoms with Gasteiger partial charge in [-0.1, -0.05) is 12.8 Å². The average molecular weight is 243 g/mol. The first-order valence-electron chi connectivity index (χ1n) is 5.97. The molecule has 0 spiro atoms. The number of carbonyl (C=O) groups excluding carboxylic acids is 1. The summed E-state index contributed by atoms with van der Waals surface area (Å²) >= 11 is 0. The second-order valence-corrected chi connectivity index (χ2v) is 5.02. The first kappa shape index (κ1) is 14.0. The molecule has 2 unspecified atom stereocenters. The molecule has 98 valence electrons. The zero-order valence-corrected chi connectivity index (χ0v) is 10.7. The highest BCUT2D eigenvalue weighted by molar-refractivity contribution is 5.85. The number of carboxylic acids is 1. The van der Waals surface area contributed by atoms with Crippen molar-refractivity contribution in [3.8, 4) is 0 Å². The number of rotatable bonds is 4. The highest BCUT2D eigenvalue weighted by atomic mass is 16.5. The van der Waals surface area contributed by atoms with E-state index in [-0.39, 0.29) is 11.9 Å². The second kappa shape index (κ2) is 5.49. The third kappa shape index (κ3) is 3.43. The zero-order chi connectivity index (χ0) is 13.1. The van der Waals surface area contributed by atoms with Crippen molar-refractivity contribution in [1.82, 2.24) is 5.32 Å². The van der Waals surface area contributed by atoms with E-state index in [0.29, 0.717) is 6.42 Å². The minimum Gasteiger partial charge on any atom is -0.481 e. The molecular formula is C12H21NO4. The van der Waals surface area contributed by atoms with Crippen LogP contribution in [-0.4, -0.2) is 35.7 Å². The molecule has 0 bridgehead atoms. The van der Waals surface area contributed by atoms with E-state index in [2.05, 4.69) is 5.32 Å². The average Bonchev–Trinajstić information content (AvgIpc) is 2.29. The Labute approximate surface area is 102 Å². The lowest BCUT2D eigenvalue weighted by atomic mass is 9.84. The molecule has 0 aliphatic heterocycles. The Morgan fingerprint density at radius 2 is 1.88 bits per heavy atom. The first-order chi connectivity index (χ1) is 7.88. The molecule has 5 heteroatoms. The summed E-state index contributed by atoms with van der Waals surface area (Å²) in [4.78, 5) is 23.0. The highest BCUT2D eigenvalue weighted by Crippen LogP contribution is 2.25. The van der Waals surface area contributed by atoms with E-state index in [1.807, 2.05) is 0 Å². The maximum atomic E-state index is 11.9. The van der Waals surface area contributed by atoms with Gasteiger partial charge in [0.25, 0.3) is 5.91 Å². The van der Waals surface area contributed by atoms with Crippen molar-refractivity contribution in [3.63, 3.8) is 0 Å². The fourth-order valence-corrected chi connectivity index (χ4v) is 2.03. The number of ether oxygens (including phenoxy) is 1. The maximum absolute atomic E-state index is 11.9. The summed E-state index contributed by atoms with van der Waals surface area (Å²) in [6, 6.07) is -0.275. The molecule has 0 heterocycles. The van der Waals surface area contributed by atoms with Gasteiger partial charge >= 0.3 is 5.97 Å². The third-order valence-electron chi connectivity index (χ3n) is 3.46. The third-order valence-corrected chi connectivity index (χ3v) is 3.46. The Morgan fingerprint density at radius 1 is 1.29 bits per heavy atom. The molecule has 0 saturated heterocycles. The number of carbonyl (C=O) groups is 2. The number of amides is 1. The minimum absolute atomic E-state index is 0.252. The molecule has 0 aromatic rings. The maximum Gasteiger partial charge on any atom is 0.308 e. The van der Waals surface area contributed by atoms with Gasteiger partial charge in [-0.3, -0.25) is 9.59 Å². The summed E-state index contributed by atoms with van der Waals surface area (Å²) in [6.45, 7) is 3.34. The monoisotopic (exact) mass is 243 g/mol. The van der Waals surface area contributed by atoms with E-state index in [9.17, 15) is 9.59 Å². The van der Waals surface area contributed by atoms with Crippen molar-refractivity contribution < 1.29 is 19.4 Å². The van der Waals surface area contributed by atoms with Crippen LogP contribution in [0.2, 0.25) is 0 Å².